The van der Waals surface area contributed by atoms with Crippen molar-refractivity contribution in [3.8, 4) is 0 Å². The standard InChI is InChI=1S/C15H20N2O3/c1-4-17(10-14(18)16-3)13-7-5-12(9-11(13)2)6-8-15(19)20/h5-9H,4,10H2,1-3H3,(H,16,18)(H,19,20). The average Bonchev–Trinajstić information content (AvgIpc) is 2.42. The fourth-order valence-corrected chi connectivity index (χ4v) is 1.92. The summed E-state index contributed by atoms with van der Waals surface area (Å²) in [6.45, 7) is 4.96. The Morgan fingerprint density at radius 2 is 2.10 bits per heavy atom. The summed E-state index contributed by atoms with van der Waals surface area (Å²) in [5.41, 5.74) is 2.80. The Labute approximate surface area is 118 Å². The van der Waals surface area contributed by atoms with E-state index in [4.69, 9.17) is 5.11 Å². The van der Waals surface area contributed by atoms with Crippen LogP contribution in [0.2, 0.25) is 0 Å². The number of benzene rings is 1. The summed E-state index contributed by atoms with van der Waals surface area (Å²) in [4.78, 5) is 23.9. The number of anilines is 1. The normalized spacial score (nSPS) is 10.6. The molecule has 0 heterocycles. The highest BCUT2D eigenvalue weighted by atomic mass is 16.4. The van der Waals surface area contributed by atoms with E-state index in [0.29, 0.717) is 6.54 Å². The molecule has 0 saturated carbocycles. The second kappa shape index (κ2) is 7.33. The summed E-state index contributed by atoms with van der Waals surface area (Å²) in [5.74, 6) is -1.01. The molecule has 0 saturated heterocycles. The third-order valence-electron chi connectivity index (χ3n) is 2.97. The molecule has 1 rings (SSSR count). The van der Waals surface area contributed by atoms with Crippen LogP contribution in [0.5, 0.6) is 0 Å². The summed E-state index contributed by atoms with van der Waals surface area (Å²) in [6.07, 6.45) is 2.66. The maximum absolute atomic E-state index is 11.5. The number of amides is 1. The van der Waals surface area contributed by atoms with Gasteiger partial charge in [-0.1, -0.05) is 6.07 Å². The monoisotopic (exact) mass is 276 g/mol. The van der Waals surface area contributed by atoms with Crippen molar-refractivity contribution in [2.75, 3.05) is 25.0 Å². The number of aryl methyl sites for hydroxylation is 1. The molecule has 1 aromatic rings. The molecule has 0 aliphatic rings. The molecule has 5 heteroatoms. The van der Waals surface area contributed by atoms with Gasteiger partial charge in [0.05, 0.1) is 6.54 Å². The molecular weight excluding hydrogens is 256 g/mol. The minimum absolute atomic E-state index is 0.0406. The van der Waals surface area contributed by atoms with Crippen LogP contribution in [-0.2, 0) is 9.59 Å². The molecule has 1 aromatic carbocycles. The van der Waals surface area contributed by atoms with Crippen molar-refractivity contribution in [3.05, 3.63) is 35.4 Å². The van der Waals surface area contributed by atoms with Crippen LogP contribution in [0.25, 0.3) is 6.08 Å². The summed E-state index contributed by atoms with van der Waals surface area (Å²) < 4.78 is 0. The number of likely N-dealkylation sites (N-methyl/N-ethyl adjacent to an activating group) is 2. The summed E-state index contributed by atoms with van der Waals surface area (Å²) in [5, 5.41) is 11.2. The Balaban J connectivity index is 2.95. The minimum atomic E-state index is -0.971. The number of hydrogen-bond donors (Lipinski definition) is 2. The molecule has 0 aliphatic heterocycles. The van der Waals surface area contributed by atoms with Crippen LogP contribution < -0.4 is 10.2 Å². The number of nitrogens with one attached hydrogen (secondary N) is 1. The highest BCUT2D eigenvalue weighted by molar-refractivity contribution is 5.85. The van der Waals surface area contributed by atoms with E-state index in [1.807, 2.05) is 36.9 Å². The maximum Gasteiger partial charge on any atom is 0.328 e. The number of carboxylic acids is 1. The number of aliphatic carboxylic acids is 1. The van der Waals surface area contributed by atoms with Gasteiger partial charge in [-0.2, -0.15) is 0 Å². The van der Waals surface area contributed by atoms with Crippen LogP contribution in [0.15, 0.2) is 24.3 Å². The van der Waals surface area contributed by atoms with Gasteiger partial charge in [-0.25, -0.2) is 4.79 Å². The zero-order valence-corrected chi connectivity index (χ0v) is 12.0. The SMILES string of the molecule is CCN(CC(=O)NC)c1ccc(C=CC(=O)O)cc1C. The molecule has 0 fully saturated rings. The van der Waals surface area contributed by atoms with Crippen molar-refractivity contribution < 1.29 is 14.7 Å². The van der Waals surface area contributed by atoms with Gasteiger partial charge in [-0.3, -0.25) is 4.79 Å². The number of nitrogens with zero attached hydrogens (tertiary/aromatic N) is 1. The molecule has 0 spiro atoms. The van der Waals surface area contributed by atoms with Gasteiger partial charge >= 0.3 is 5.97 Å². The van der Waals surface area contributed by atoms with Crippen LogP contribution in [0.1, 0.15) is 18.1 Å². The maximum atomic E-state index is 11.5. The Kier molecular flexibility index (Phi) is 5.77. The van der Waals surface area contributed by atoms with Crippen LogP contribution in [-0.4, -0.2) is 37.1 Å². The molecular formula is C15H20N2O3. The third-order valence-corrected chi connectivity index (χ3v) is 2.97. The van der Waals surface area contributed by atoms with E-state index in [9.17, 15) is 9.59 Å². The van der Waals surface area contributed by atoms with Gasteiger partial charge in [0.1, 0.15) is 0 Å². The lowest BCUT2D eigenvalue weighted by molar-refractivity contribution is -0.131. The number of carbonyl (C=O) groups excluding carboxylic acids is 1. The molecule has 20 heavy (non-hydrogen) atoms. The van der Waals surface area contributed by atoms with Crippen molar-refractivity contribution >= 4 is 23.6 Å². The summed E-state index contributed by atoms with van der Waals surface area (Å²) in [7, 11) is 1.61. The van der Waals surface area contributed by atoms with E-state index < -0.39 is 5.97 Å². The number of rotatable bonds is 6. The van der Waals surface area contributed by atoms with Crippen molar-refractivity contribution in [2.24, 2.45) is 0 Å². The Bertz CT molecular complexity index is 524. The minimum Gasteiger partial charge on any atom is -0.478 e. The Hall–Kier alpha value is -2.30. The van der Waals surface area contributed by atoms with Crippen LogP contribution in [0, 0.1) is 6.92 Å². The average molecular weight is 276 g/mol. The second-order valence-corrected chi connectivity index (χ2v) is 4.40. The summed E-state index contributed by atoms with van der Waals surface area (Å²) in [6, 6.07) is 5.65. The van der Waals surface area contributed by atoms with Crippen molar-refractivity contribution in [1.82, 2.24) is 5.32 Å². The van der Waals surface area contributed by atoms with Gasteiger partial charge in [0.15, 0.2) is 0 Å². The van der Waals surface area contributed by atoms with Crippen molar-refractivity contribution in [1.29, 1.82) is 0 Å². The van der Waals surface area contributed by atoms with E-state index >= 15 is 0 Å². The van der Waals surface area contributed by atoms with Gasteiger partial charge in [0.2, 0.25) is 5.91 Å². The van der Waals surface area contributed by atoms with Gasteiger partial charge in [-0.15, -0.1) is 0 Å². The lowest BCUT2D eigenvalue weighted by atomic mass is 10.1. The summed E-state index contributed by atoms with van der Waals surface area (Å²) >= 11 is 0. The van der Waals surface area contributed by atoms with E-state index in [2.05, 4.69) is 5.32 Å². The number of carboxylic acid groups (broad SMARTS) is 1. The third kappa shape index (κ3) is 4.42. The fourth-order valence-electron chi connectivity index (χ4n) is 1.92. The van der Waals surface area contributed by atoms with Gasteiger partial charge in [0, 0.05) is 25.4 Å². The molecule has 0 aromatic heterocycles. The lowest BCUT2D eigenvalue weighted by Crippen LogP contribution is -2.35. The Morgan fingerprint density at radius 3 is 2.60 bits per heavy atom. The first kappa shape index (κ1) is 15.8. The first-order valence-corrected chi connectivity index (χ1v) is 6.45. The first-order valence-electron chi connectivity index (χ1n) is 6.45. The van der Waals surface area contributed by atoms with Crippen molar-refractivity contribution in [3.63, 3.8) is 0 Å². The van der Waals surface area contributed by atoms with E-state index in [0.717, 1.165) is 29.4 Å². The molecule has 0 atom stereocenters. The molecule has 0 unspecified atom stereocenters. The number of hydrogen-bond acceptors (Lipinski definition) is 3. The zero-order valence-electron chi connectivity index (χ0n) is 12.0. The molecule has 1 amide bonds. The lowest BCUT2D eigenvalue weighted by Gasteiger charge is -2.24. The zero-order chi connectivity index (χ0) is 15.1. The molecule has 5 nitrogen and oxygen atoms in total. The molecule has 0 bridgehead atoms. The van der Waals surface area contributed by atoms with E-state index in [1.165, 1.54) is 0 Å². The van der Waals surface area contributed by atoms with Crippen LogP contribution in [0.4, 0.5) is 5.69 Å². The van der Waals surface area contributed by atoms with Crippen LogP contribution >= 0.6 is 0 Å². The van der Waals surface area contributed by atoms with E-state index in [-0.39, 0.29) is 5.91 Å². The topological polar surface area (TPSA) is 69.6 Å². The molecule has 0 radical (unpaired) electrons. The highest BCUT2D eigenvalue weighted by Gasteiger charge is 2.11. The van der Waals surface area contributed by atoms with Crippen LogP contribution in [0.3, 0.4) is 0 Å². The quantitative estimate of drug-likeness (QED) is 0.775. The predicted molar refractivity (Wildman–Crippen MR) is 79.8 cm³/mol. The fraction of sp³-hybridized carbons (Fsp3) is 0.333. The molecule has 0 aliphatic carbocycles. The molecule has 108 valence electrons. The van der Waals surface area contributed by atoms with Crippen molar-refractivity contribution in [2.45, 2.75) is 13.8 Å². The van der Waals surface area contributed by atoms with E-state index in [1.54, 1.807) is 13.1 Å². The van der Waals surface area contributed by atoms with Gasteiger partial charge in [-0.05, 0) is 43.2 Å². The smallest absolute Gasteiger partial charge is 0.328 e. The Morgan fingerprint density at radius 1 is 1.40 bits per heavy atom. The second-order valence-electron chi connectivity index (χ2n) is 4.40. The first-order chi connectivity index (χ1) is 9.47. The largest absolute Gasteiger partial charge is 0.478 e. The molecule has 2 N–H and O–H groups in total. The highest BCUT2D eigenvalue weighted by Crippen LogP contribution is 2.21. The van der Waals surface area contributed by atoms with Gasteiger partial charge in [0.25, 0.3) is 0 Å². The number of carbonyl (C=O) groups is 2. The predicted octanol–water partition coefficient (Wildman–Crippen LogP) is 1.67. The van der Waals surface area contributed by atoms with Gasteiger partial charge < -0.3 is 15.3 Å².